The second-order valence-corrected chi connectivity index (χ2v) is 5.60. The number of carbonyl (C=O) groups excluding carboxylic acids is 1. The Labute approximate surface area is 117 Å². The molecule has 0 aromatic carbocycles. The summed E-state index contributed by atoms with van der Waals surface area (Å²) in [6.45, 7) is 4.87. The first kappa shape index (κ1) is 15.4. The van der Waals surface area contributed by atoms with Gasteiger partial charge in [0.05, 0.1) is 23.8 Å². The van der Waals surface area contributed by atoms with Gasteiger partial charge in [-0.05, 0) is 13.8 Å². The first-order valence-electron chi connectivity index (χ1n) is 6.01. The third-order valence-corrected chi connectivity index (χ3v) is 3.62. The molecule has 0 atom stereocenters. The topological polar surface area (TPSA) is 69.6 Å². The van der Waals surface area contributed by atoms with Gasteiger partial charge in [0, 0.05) is 26.0 Å². The fraction of sp³-hybridized carbons (Fsp3) is 0.583. The molecule has 0 aliphatic rings. The number of hydrogen-bond donors (Lipinski definition) is 2. The van der Waals surface area contributed by atoms with Crippen molar-refractivity contribution in [1.29, 1.82) is 0 Å². The van der Waals surface area contributed by atoms with E-state index in [1.54, 1.807) is 32.5 Å². The van der Waals surface area contributed by atoms with Gasteiger partial charge in [0.15, 0.2) is 5.96 Å². The average Bonchev–Trinajstić information content (AvgIpc) is 2.67. The van der Waals surface area contributed by atoms with Crippen LogP contribution in [-0.4, -0.2) is 49.4 Å². The molecule has 0 saturated heterocycles. The number of aryl methyl sites for hydroxylation is 2. The van der Waals surface area contributed by atoms with E-state index in [-0.39, 0.29) is 12.5 Å². The van der Waals surface area contributed by atoms with E-state index >= 15 is 0 Å². The average molecular weight is 283 g/mol. The highest BCUT2D eigenvalue weighted by Crippen LogP contribution is 2.16. The van der Waals surface area contributed by atoms with Gasteiger partial charge in [0.1, 0.15) is 0 Å². The molecule has 0 fully saturated rings. The highest BCUT2D eigenvalue weighted by molar-refractivity contribution is 7.11. The van der Waals surface area contributed by atoms with Crippen molar-refractivity contribution >= 4 is 23.2 Å². The summed E-state index contributed by atoms with van der Waals surface area (Å²) in [6, 6.07) is 0. The summed E-state index contributed by atoms with van der Waals surface area (Å²) in [5.74, 6) is 0.619. The lowest BCUT2D eigenvalue weighted by molar-refractivity contribution is -0.127. The fourth-order valence-corrected chi connectivity index (χ4v) is 2.32. The van der Waals surface area contributed by atoms with Crippen molar-refractivity contribution in [1.82, 2.24) is 20.5 Å². The van der Waals surface area contributed by atoms with Crippen LogP contribution in [0.3, 0.4) is 0 Å². The maximum atomic E-state index is 11.5. The fourth-order valence-electron chi connectivity index (χ4n) is 1.44. The molecule has 6 nitrogen and oxygen atoms in total. The number of carbonyl (C=O) groups is 1. The van der Waals surface area contributed by atoms with Crippen molar-refractivity contribution in [3.05, 3.63) is 15.6 Å². The van der Waals surface area contributed by atoms with Gasteiger partial charge >= 0.3 is 0 Å². The van der Waals surface area contributed by atoms with E-state index < -0.39 is 0 Å². The minimum Gasteiger partial charge on any atom is -0.351 e. The molecule has 0 saturated carbocycles. The van der Waals surface area contributed by atoms with Gasteiger partial charge in [-0.3, -0.25) is 9.79 Å². The summed E-state index contributed by atoms with van der Waals surface area (Å²) in [7, 11) is 5.13. The molecule has 7 heteroatoms. The number of aromatic nitrogens is 1. The van der Waals surface area contributed by atoms with Crippen LogP contribution in [0, 0.1) is 13.8 Å². The van der Waals surface area contributed by atoms with Gasteiger partial charge in [0.2, 0.25) is 5.91 Å². The van der Waals surface area contributed by atoms with Crippen LogP contribution in [0.15, 0.2) is 4.99 Å². The maximum absolute atomic E-state index is 11.5. The van der Waals surface area contributed by atoms with E-state index in [4.69, 9.17) is 0 Å². The summed E-state index contributed by atoms with van der Waals surface area (Å²) in [4.78, 5) is 22.6. The van der Waals surface area contributed by atoms with Crippen LogP contribution >= 0.6 is 11.3 Å². The number of nitrogens with zero attached hydrogens (tertiary/aromatic N) is 3. The molecule has 0 unspecified atom stereocenters. The molecule has 1 aromatic heterocycles. The summed E-state index contributed by atoms with van der Waals surface area (Å²) < 4.78 is 0. The Bertz CT molecular complexity index is 467. The van der Waals surface area contributed by atoms with Gasteiger partial charge < -0.3 is 15.5 Å². The highest BCUT2D eigenvalue weighted by atomic mass is 32.1. The third-order valence-electron chi connectivity index (χ3n) is 2.55. The molecule has 19 heavy (non-hydrogen) atoms. The highest BCUT2D eigenvalue weighted by Gasteiger charge is 2.07. The standard InChI is InChI=1S/C12H21N5OS/c1-8-10(19-9(2)16-8)6-14-12(13-3)15-7-11(18)17(4)5/h6-7H2,1-5H3,(H2,13,14,15). The maximum Gasteiger partial charge on any atom is 0.241 e. The molecule has 1 rings (SSSR count). The lowest BCUT2D eigenvalue weighted by Gasteiger charge is -2.14. The van der Waals surface area contributed by atoms with Gasteiger partial charge in [0.25, 0.3) is 0 Å². The normalized spacial score (nSPS) is 11.3. The van der Waals surface area contributed by atoms with Gasteiger partial charge in [-0.2, -0.15) is 0 Å². The van der Waals surface area contributed by atoms with Gasteiger partial charge in [-0.15, -0.1) is 11.3 Å². The Hall–Kier alpha value is -1.63. The first-order chi connectivity index (χ1) is 8.93. The lowest BCUT2D eigenvalue weighted by atomic mass is 10.4. The largest absolute Gasteiger partial charge is 0.351 e. The second kappa shape index (κ2) is 7.08. The Balaban J connectivity index is 2.46. The Morgan fingerprint density at radius 3 is 2.53 bits per heavy atom. The van der Waals surface area contributed by atoms with Crippen molar-refractivity contribution < 1.29 is 4.79 Å². The number of thiazole rings is 1. The van der Waals surface area contributed by atoms with Gasteiger partial charge in [-0.25, -0.2) is 4.98 Å². The van der Waals surface area contributed by atoms with Crippen LogP contribution in [0.4, 0.5) is 0 Å². The number of amides is 1. The Kier molecular flexibility index (Phi) is 5.75. The molecule has 1 heterocycles. The summed E-state index contributed by atoms with van der Waals surface area (Å²) in [6.07, 6.45) is 0. The smallest absolute Gasteiger partial charge is 0.241 e. The number of guanidine groups is 1. The second-order valence-electron chi connectivity index (χ2n) is 4.31. The molecule has 0 bridgehead atoms. The molecule has 1 amide bonds. The minimum atomic E-state index is 0.00719. The van der Waals surface area contributed by atoms with Crippen LogP contribution < -0.4 is 10.6 Å². The van der Waals surface area contributed by atoms with Crippen molar-refractivity contribution in [2.24, 2.45) is 4.99 Å². The molecule has 0 aliphatic carbocycles. The third kappa shape index (κ3) is 4.86. The number of aliphatic imine (C=N–C) groups is 1. The lowest BCUT2D eigenvalue weighted by Crippen LogP contribution is -2.42. The number of likely N-dealkylation sites (N-methyl/N-ethyl adjacent to an activating group) is 1. The Morgan fingerprint density at radius 2 is 2.05 bits per heavy atom. The SMILES string of the molecule is CN=C(NCC(=O)N(C)C)NCc1sc(C)nc1C. The van der Waals surface area contributed by atoms with E-state index in [9.17, 15) is 4.79 Å². The zero-order chi connectivity index (χ0) is 14.4. The number of rotatable bonds is 4. The quantitative estimate of drug-likeness (QED) is 0.624. The van der Waals surface area contributed by atoms with Crippen molar-refractivity contribution in [2.45, 2.75) is 20.4 Å². The van der Waals surface area contributed by atoms with E-state index in [1.165, 1.54) is 9.78 Å². The van der Waals surface area contributed by atoms with Crippen LogP contribution in [-0.2, 0) is 11.3 Å². The monoisotopic (exact) mass is 283 g/mol. The Morgan fingerprint density at radius 1 is 1.37 bits per heavy atom. The van der Waals surface area contributed by atoms with E-state index in [0.717, 1.165) is 10.7 Å². The van der Waals surface area contributed by atoms with Crippen LogP contribution in [0.5, 0.6) is 0 Å². The minimum absolute atomic E-state index is 0.00719. The van der Waals surface area contributed by atoms with E-state index in [0.29, 0.717) is 12.5 Å². The molecular weight excluding hydrogens is 262 g/mol. The summed E-state index contributed by atoms with van der Waals surface area (Å²) >= 11 is 1.66. The molecular formula is C12H21N5OS. The predicted molar refractivity (Wildman–Crippen MR) is 78.5 cm³/mol. The van der Waals surface area contributed by atoms with Crippen molar-refractivity contribution in [3.63, 3.8) is 0 Å². The van der Waals surface area contributed by atoms with Crippen LogP contribution in [0.1, 0.15) is 15.6 Å². The number of nitrogens with one attached hydrogen (secondary N) is 2. The molecule has 0 aliphatic heterocycles. The molecule has 0 spiro atoms. The zero-order valence-corrected chi connectivity index (χ0v) is 12.9. The molecule has 1 aromatic rings. The van der Waals surface area contributed by atoms with Crippen molar-refractivity contribution in [2.75, 3.05) is 27.7 Å². The van der Waals surface area contributed by atoms with Crippen LogP contribution in [0.2, 0.25) is 0 Å². The predicted octanol–water partition coefficient (Wildman–Crippen LogP) is 0.513. The first-order valence-corrected chi connectivity index (χ1v) is 6.83. The summed E-state index contributed by atoms with van der Waals surface area (Å²) in [5, 5.41) is 7.21. The van der Waals surface area contributed by atoms with E-state index in [1.807, 2.05) is 13.8 Å². The molecule has 0 radical (unpaired) electrons. The van der Waals surface area contributed by atoms with Crippen LogP contribution in [0.25, 0.3) is 0 Å². The summed E-state index contributed by atoms with van der Waals surface area (Å²) in [5.41, 5.74) is 1.04. The number of hydrogen-bond acceptors (Lipinski definition) is 4. The van der Waals surface area contributed by atoms with E-state index in [2.05, 4.69) is 20.6 Å². The van der Waals surface area contributed by atoms with Gasteiger partial charge in [-0.1, -0.05) is 0 Å². The zero-order valence-electron chi connectivity index (χ0n) is 12.1. The van der Waals surface area contributed by atoms with Crippen molar-refractivity contribution in [3.8, 4) is 0 Å². The molecule has 106 valence electrons. The molecule has 2 N–H and O–H groups in total.